The van der Waals surface area contributed by atoms with Gasteiger partial charge in [-0.3, -0.25) is 24.6 Å². The van der Waals surface area contributed by atoms with Crippen LogP contribution in [0.5, 0.6) is 0 Å². The highest BCUT2D eigenvalue weighted by molar-refractivity contribution is 5.85. The first-order chi connectivity index (χ1) is 35.9. The van der Waals surface area contributed by atoms with Crippen molar-refractivity contribution in [1.82, 2.24) is 39.5 Å². The fourth-order valence-electron chi connectivity index (χ4n) is 9.62. The SMILES string of the molecule is CC(C)(C)OC(=O)N1CCC(C(F)c2ccc(F)cn2)CC1.CC(C)(C)OC(=O)N1CCC(C(O)c2ccc(F)cn2)CC1.Nc1cc(CN2CCC(F)(C(=O)N3CCC(C(F)c4ccc(F)cn4)CC3)CC2)ccn1. The Bertz CT molecular complexity index is 2380. The van der Waals surface area contributed by atoms with Crippen LogP contribution in [0.3, 0.4) is 0 Å². The summed E-state index contributed by atoms with van der Waals surface area (Å²) >= 11 is 0. The smallest absolute Gasteiger partial charge is 0.410 e. The number of pyridine rings is 4. The number of anilines is 1. The normalized spacial score (nSPS) is 19.2. The number of rotatable bonds is 9. The van der Waals surface area contributed by atoms with Crippen LogP contribution in [-0.2, 0) is 20.8 Å². The minimum atomic E-state index is -1.88. The Kier molecular flexibility index (Phi) is 20.5. The maximum absolute atomic E-state index is 15.5. The quantitative estimate of drug-likeness (QED) is 0.152. The third-order valence-corrected chi connectivity index (χ3v) is 13.9. The number of likely N-dealkylation sites (tertiary alicyclic amines) is 4. The lowest BCUT2D eigenvalue weighted by atomic mass is 9.87. The molecule has 8 rings (SSSR count). The Balaban J connectivity index is 0.000000191. The molecule has 4 fully saturated rings. The van der Waals surface area contributed by atoms with Crippen molar-refractivity contribution < 1.29 is 55.3 Å². The Morgan fingerprint density at radius 3 is 1.39 bits per heavy atom. The summed E-state index contributed by atoms with van der Waals surface area (Å²) < 4.78 is 94.1. The molecule has 4 saturated heterocycles. The summed E-state index contributed by atoms with van der Waals surface area (Å²) in [5.41, 5.74) is 4.71. The molecular weight excluding hydrogens is 997 g/mol. The van der Waals surface area contributed by atoms with E-state index in [2.05, 4.69) is 24.8 Å². The number of nitrogens with zero attached hydrogens (tertiary/aromatic N) is 8. The molecule has 3 amide bonds. The number of aromatic nitrogens is 4. The van der Waals surface area contributed by atoms with Gasteiger partial charge in [-0.25, -0.2) is 40.9 Å². The second-order valence-electron chi connectivity index (χ2n) is 22.0. The van der Waals surface area contributed by atoms with Crippen LogP contribution in [0.2, 0.25) is 0 Å². The van der Waals surface area contributed by atoms with E-state index >= 15 is 4.39 Å². The zero-order valence-electron chi connectivity index (χ0n) is 44.3. The number of amides is 3. The van der Waals surface area contributed by atoms with Crippen molar-refractivity contribution in [3.63, 3.8) is 0 Å². The third-order valence-electron chi connectivity index (χ3n) is 13.9. The molecule has 76 heavy (non-hydrogen) atoms. The fourth-order valence-corrected chi connectivity index (χ4v) is 9.62. The molecule has 0 radical (unpaired) electrons. The van der Waals surface area contributed by atoms with Gasteiger partial charge in [0.25, 0.3) is 5.91 Å². The van der Waals surface area contributed by atoms with Gasteiger partial charge in [-0.2, -0.15) is 0 Å². The molecule has 0 spiro atoms. The lowest BCUT2D eigenvalue weighted by Crippen LogP contribution is -2.54. The number of nitrogens with two attached hydrogens (primary N) is 1. The first kappa shape index (κ1) is 59.2. The molecule has 3 N–H and O–H groups in total. The molecule has 4 aromatic rings. The van der Waals surface area contributed by atoms with E-state index in [4.69, 9.17) is 15.2 Å². The van der Waals surface area contributed by atoms with E-state index in [9.17, 15) is 41.4 Å². The monoisotopic (exact) mass is 1070 g/mol. The number of piperidine rings is 4. The molecule has 3 unspecified atom stereocenters. The maximum atomic E-state index is 15.5. The summed E-state index contributed by atoms with van der Waals surface area (Å²) in [6.07, 6.45) is 4.36. The summed E-state index contributed by atoms with van der Waals surface area (Å²) in [4.78, 5) is 59.3. The number of ether oxygens (including phenoxy) is 2. The van der Waals surface area contributed by atoms with Gasteiger partial charge < -0.3 is 35.0 Å². The lowest BCUT2D eigenvalue weighted by molar-refractivity contribution is -0.149. The van der Waals surface area contributed by atoms with Gasteiger partial charge in [0, 0.05) is 77.9 Å². The van der Waals surface area contributed by atoms with Gasteiger partial charge in [-0.05, 0) is 152 Å². The molecular formula is C55H73F6N9O6. The average Bonchev–Trinajstić information content (AvgIpc) is 3.39. The van der Waals surface area contributed by atoms with E-state index in [0.29, 0.717) is 109 Å². The van der Waals surface area contributed by atoms with Crippen LogP contribution in [0.25, 0.3) is 0 Å². The summed E-state index contributed by atoms with van der Waals surface area (Å²) in [7, 11) is 0. The number of nitrogen functional groups attached to an aromatic ring is 1. The van der Waals surface area contributed by atoms with Crippen molar-refractivity contribution in [2.24, 2.45) is 17.8 Å². The number of aliphatic hydroxyl groups is 1. The van der Waals surface area contributed by atoms with E-state index in [-0.39, 0.29) is 54.2 Å². The molecule has 15 nitrogen and oxygen atoms in total. The van der Waals surface area contributed by atoms with Crippen LogP contribution in [0.15, 0.2) is 73.3 Å². The van der Waals surface area contributed by atoms with Crippen molar-refractivity contribution in [1.29, 1.82) is 0 Å². The fraction of sp³-hybridized carbons (Fsp3) is 0.582. The topological polar surface area (TPSA) is 180 Å². The first-order valence-electron chi connectivity index (χ1n) is 26.0. The molecule has 4 aliphatic heterocycles. The largest absolute Gasteiger partial charge is 0.444 e. The van der Waals surface area contributed by atoms with Crippen molar-refractivity contribution in [3.8, 4) is 0 Å². The number of aliphatic hydroxyl groups excluding tert-OH is 1. The van der Waals surface area contributed by atoms with Gasteiger partial charge in [-0.15, -0.1) is 0 Å². The van der Waals surface area contributed by atoms with Gasteiger partial charge in [0.2, 0.25) is 0 Å². The van der Waals surface area contributed by atoms with Crippen LogP contribution < -0.4 is 5.73 Å². The van der Waals surface area contributed by atoms with Gasteiger partial charge in [0.1, 0.15) is 46.8 Å². The molecule has 0 aromatic carbocycles. The molecule has 0 aliphatic carbocycles. The minimum absolute atomic E-state index is 0.0108. The molecule has 0 bridgehead atoms. The van der Waals surface area contributed by atoms with Crippen LogP contribution >= 0.6 is 0 Å². The van der Waals surface area contributed by atoms with Crippen LogP contribution in [0.1, 0.15) is 134 Å². The van der Waals surface area contributed by atoms with Crippen molar-refractivity contribution in [3.05, 3.63) is 113 Å². The molecule has 4 aliphatic rings. The van der Waals surface area contributed by atoms with E-state index in [1.165, 1.54) is 41.3 Å². The zero-order chi connectivity index (χ0) is 55.4. The van der Waals surface area contributed by atoms with E-state index in [1.807, 2.05) is 47.6 Å². The van der Waals surface area contributed by atoms with Crippen LogP contribution in [0, 0.1) is 35.2 Å². The number of hydrogen-bond donors (Lipinski definition) is 2. The van der Waals surface area contributed by atoms with Crippen molar-refractivity contribution in [2.75, 3.05) is 58.1 Å². The Hall–Kier alpha value is -6.09. The minimum Gasteiger partial charge on any atom is -0.444 e. The van der Waals surface area contributed by atoms with E-state index in [0.717, 1.165) is 24.2 Å². The lowest BCUT2D eigenvalue weighted by Gasteiger charge is -2.40. The van der Waals surface area contributed by atoms with E-state index < -0.39 is 58.7 Å². The summed E-state index contributed by atoms with van der Waals surface area (Å²) in [6, 6.07) is 11.6. The number of halogens is 6. The molecule has 0 saturated carbocycles. The summed E-state index contributed by atoms with van der Waals surface area (Å²) in [5, 5.41) is 10.3. The number of carbonyl (C=O) groups is 3. The summed E-state index contributed by atoms with van der Waals surface area (Å²) in [6.45, 7) is 15.2. The Morgan fingerprint density at radius 1 is 0.618 bits per heavy atom. The number of hydrogen-bond acceptors (Lipinski definition) is 12. The van der Waals surface area contributed by atoms with Gasteiger partial charge in [0.15, 0.2) is 5.67 Å². The standard InChI is InChI=1S/C23H28F3N5O.C16H22F2N2O2.C16H23FN2O3/c24-18-1-2-19(29-14-18)21(25)17-4-9-31(10-5-17)22(32)23(26)6-11-30(12-7-23)15-16-3-8-28-20(27)13-16;1-16(2,3)22-15(21)20-8-6-11(7-9-20)14(18)13-5-4-12(17)10-19-13;1-16(2,3)22-15(21)19-8-6-11(7-9-19)14(20)13-5-4-12(17)10-18-13/h1-3,8,13-14,17,21H,4-7,9-12,15H2,(H2,27,28);4-5,10-11,14H,6-9H2,1-3H3;4-5,10-11,14,20H,6-9H2,1-3H3. The van der Waals surface area contributed by atoms with Crippen molar-refractivity contribution >= 4 is 23.9 Å². The second kappa shape index (κ2) is 26.3. The Labute approximate surface area is 441 Å². The second-order valence-corrected chi connectivity index (χ2v) is 22.0. The predicted octanol–water partition coefficient (Wildman–Crippen LogP) is 10.2. The van der Waals surface area contributed by atoms with Crippen molar-refractivity contribution in [2.45, 2.75) is 135 Å². The highest BCUT2D eigenvalue weighted by Crippen LogP contribution is 2.37. The number of alkyl halides is 3. The van der Waals surface area contributed by atoms with Crippen LogP contribution in [0.4, 0.5) is 41.7 Å². The maximum Gasteiger partial charge on any atom is 0.410 e. The van der Waals surface area contributed by atoms with Gasteiger partial charge in [0.05, 0.1) is 41.8 Å². The van der Waals surface area contributed by atoms with Gasteiger partial charge in [-0.1, -0.05) is 0 Å². The predicted molar refractivity (Wildman–Crippen MR) is 273 cm³/mol. The molecule has 21 heteroatoms. The average molecular weight is 1070 g/mol. The zero-order valence-corrected chi connectivity index (χ0v) is 44.3. The Morgan fingerprint density at radius 2 is 1.01 bits per heavy atom. The molecule has 3 atom stereocenters. The molecule has 4 aromatic heterocycles. The third kappa shape index (κ3) is 17.5. The summed E-state index contributed by atoms with van der Waals surface area (Å²) in [5.74, 6) is -1.96. The first-order valence-corrected chi connectivity index (χ1v) is 26.0. The molecule has 8 heterocycles. The highest BCUT2D eigenvalue weighted by atomic mass is 19.2. The highest BCUT2D eigenvalue weighted by Gasteiger charge is 2.45. The van der Waals surface area contributed by atoms with Gasteiger partial charge >= 0.3 is 12.2 Å². The molecule has 416 valence electrons. The number of carbonyl (C=O) groups excluding carboxylic acids is 3. The van der Waals surface area contributed by atoms with Crippen LogP contribution in [-0.4, -0.2) is 132 Å². The van der Waals surface area contributed by atoms with E-state index in [1.54, 1.807) is 22.1 Å².